The van der Waals surface area contributed by atoms with Crippen molar-refractivity contribution < 1.29 is 0 Å². The second-order valence-electron chi connectivity index (χ2n) is 7.64. The third kappa shape index (κ3) is 3.36. The maximum absolute atomic E-state index is 2.50. The van der Waals surface area contributed by atoms with Crippen LogP contribution in [0.15, 0.2) is 115 Å². The van der Waals surface area contributed by atoms with Crippen molar-refractivity contribution in [2.24, 2.45) is 5.92 Å². The van der Waals surface area contributed by atoms with Gasteiger partial charge in [0, 0.05) is 5.92 Å². The summed E-state index contributed by atoms with van der Waals surface area (Å²) in [6.07, 6.45) is 10.9. The predicted molar refractivity (Wildman–Crippen MR) is 119 cm³/mol. The van der Waals surface area contributed by atoms with Crippen molar-refractivity contribution in [3.8, 4) is 0 Å². The lowest BCUT2D eigenvalue weighted by molar-refractivity contribution is 0.527. The van der Waals surface area contributed by atoms with E-state index >= 15 is 0 Å². The van der Waals surface area contributed by atoms with Gasteiger partial charge in [0.25, 0.3) is 0 Å². The summed E-state index contributed by atoms with van der Waals surface area (Å²) in [5.41, 5.74) is 5.27. The van der Waals surface area contributed by atoms with Crippen molar-refractivity contribution in [1.82, 2.24) is 0 Å². The molecule has 0 heterocycles. The Labute approximate surface area is 169 Å². The fraction of sp³-hybridized carbons (Fsp3) is 0.214. The minimum Gasteiger partial charge on any atom is -0.0758 e. The fourth-order valence-electron chi connectivity index (χ4n) is 4.57. The first-order chi connectivity index (χ1) is 13.9. The van der Waals surface area contributed by atoms with E-state index in [4.69, 9.17) is 0 Å². The van der Waals surface area contributed by atoms with Gasteiger partial charge >= 0.3 is 0 Å². The number of allylic oxidation sites excluding steroid dienone is 4. The van der Waals surface area contributed by atoms with Crippen molar-refractivity contribution >= 4 is 0 Å². The SMILES string of the molecule is CCCCC1=CC(C(c2ccccc2)(c2ccccc2)c2ccccc2)C=C1. The highest BCUT2D eigenvalue weighted by molar-refractivity contribution is 5.55. The highest BCUT2D eigenvalue weighted by Crippen LogP contribution is 2.48. The minimum absolute atomic E-state index is 0.228. The Morgan fingerprint density at radius 3 is 1.57 bits per heavy atom. The van der Waals surface area contributed by atoms with Crippen LogP contribution in [0, 0.1) is 5.92 Å². The molecule has 1 aliphatic carbocycles. The molecular weight excluding hydrogens is 336 g/mol. The third-order valence-corrected chi connectivity index (χ3v) is 5.92. The summed E-state index contributed by atoms with van der Waals surface area (Å²) in [6, 6.07) is 33.0. The largest absolute Gasteiger partial charge is 0.0758 e. The first-order valence-corrected chi connectivity index (χ1v) is 10.4. The molecule has 0 aliphatic heterocycles. The van der Waals surface area contributed by atoms with Gasteiger partial charge in [0.05, 0.1) is 5.41 Å². The van der Waals surface area contributed by atoms with Crippen molar-refractivity contribution in [2.75, 3.05) is 0 Å². The number of benzene rings is 3. The Morgan fingerprint density at radius 2 is 1.14 bits per heavy atom. The van der Waals surface area contributed by atoms with E-state index in [1.54, 1.807) is 0 Å². The normalized spacial score (nSPS) is 16.2. The van der Waals surface area contributed by atoms with Gasteiger partial charge in [-0.25, -0.2) is 0 Å². The zero-order valence-electron chi connectivity index (χ0n) is 16.6. The summed E-state index contributed by atoms with van der Waals surface area (Å²) in [6.45, 7) is 2.26. The van der Waals surface area contributed by atoms with Gasteiger partial charge in [-0.3, -0.25) is 0 Å². The Bertz CT molecular complexity index is 836. The van der Waals surface area contributed by atoms with E-state index < -0.39 is 0 Å². The van der Waals surface area contributed by atoms with E-state index in [0.29, 0.717) is 5.92 Å². The second kappa shape index (κ2) is 8.44. The van der Waals surface area contributed by atoms with Crippen molar-refractivity contribution in [2.45, 2.75) is 31.6 Å². The van der Waals surface area contributed by atoms with Gasteiger partial charge in [-0.15, -0.1) is 0 Å². The van der Waals surface area contributed by atoms with Gasteiger partial charge in [-0.2, -0.15) is 0 Å². The van der Waals surface area contributed by atoms with Gasteiger partial charge in [0.2, 0.25) is 0 Å². The van der Waals surface area contributed by atoms with Crippen LogP contribution in [0.5, 0.6) is 0 Å². The molecule has 0 radical (unpaired) electrons. The van der Waals surface area contributed by atoms with E-state index in [1.807, 2.05) is 0 Å². The van der Waals surface area contributed by atoms with Crippen LogP contribution < -0.4 is 0 Å². The van der Waals surface area contributed by atoms with Gasteiger partial charge < -0.3 is 0 Å². The highest BCUT2D eigenvalue weighted by atomic mass is 14.4. The predicted octanol–water partition coefficient (Wildman–Crippen LogP) is 7.32. The van der Waals surface area contributed by atoms with Gasteiger partial charge in [-0.05, 0) is 29.5 Å². The van der Waals surface area contributed by atoms with Gasteiger partial charge in [0.15, 0.2) is 0 Å². The third-order valence-electron chi connectivity index (χ3n) is 5.92. The first kappa shape index (κ1) is 18.5. The molecule has 0 saturated heterocycles. The number of hydrogen-bond acceptors (Lipinski definition) is 0. The van der Waals surface area contributed by atoms with E-state index in [0.717, 1.165) is 6.42 Å². The quantitative estimate of drug-likeness (QED) is 0.385. The standard InChI is InChI=1S/C28H28/c1-2-3-13-23-20-21-27(22-23)28(24-14-7-4-8-15-24,25-16-9-5-10-17-25)26-18-11-6-12-19-26/h4-12,14-22,27H,2-3,13H2,1H3. The molecule has 0 N–H and O–H groups in total. The molecule has 1 unspecified atom stereocenters. The summed E-state index contributed by atoms with van der Waals surface area (Å²) < 4.78 is 0. The summed E-state index contributed by atoms with van der Waals surface area (Å²) >= 11 is 0. The zero-order valence-corrected chi connectivity index (χ0v) is 16.6. The van der Waals surface area contributed by atoms with E-state index in [9.17, 15) is 0 Å². The number of unbranched alkanes of at least 4 members (excludes halogenated alkanes) is 1. The molecule has 0 bridgehead atoms. The molecule has 3 aromatic rings. The summed E-state index contributed by atoms with van der Waals surface area (Å²) in [4.78, 5) is 0. The summed E-state index contributed by atoms with van der Waals surface area (Å²) in [5.74, 6) is 0.298. The van der Waals surface area contributed by atoms with E-state index in [2.05, 4.69) is 116 Å². The Morgan fingerprint density at radius 1 is 0.679 bits per heavy atom. The topological polar surface area (TPSA) is 0 Å². The van der Waals surface area contributed by atoms with Crippen molar-refractivity contribution in [1.29, 1.82) is 0 Å². The van der Waals surface area contributed by atoms with Gasteiger partial charge in [0.1, 0.15) is 0 Å². The Hall–Kier alpha value is -2.86. The van der Waals surface area contributed by atoms with E-state index in [-0.39, 0.29) is 5.41 Å². The molecule has 0 heteroatoms. The van der Waals surface area contributed by atoms with Crippen molar-refractivity contribution in [3.05, 3.63) is 131 Å². The number of hydrogen-bond donors (Lipinski definition) is 0. The van der Waals surface area contributed by atoms with Crippen LogP contribution in [0.25, 0.3) is 0 Å². The maximum Gasteiger partial charge on any atom is 0.0548 e. The summed E-state index contributed by atoms with van der Waals surface area (Å²) in [7, 11) is 0. The molecule has 0 aromatic heterocycles. The zero-order chi connectivity index (χ0) is 19.2. The molecule has 28 heavy (non-hydrogen) atoms. The average Bonchev–Trinajstić information content (AvgIpc) is 3.24. The second-order valence-corrected chi connectivity index (χ2v) is 7.64. The van der Waals surface area contributed by atoms with Crippen LogP contribution in [0.2, 0.25) is 0 Å². The number of rotatable bonds is 7. The lowest BCUT2D eigenvalue weighted by atomic mass is 9.62. The molecule has 0 fully saturated rings. The Kier molecular flexibility index (Phi) is 5.58. The lowest BCUT2D eigenvalue weighted by Crippen LogP contribution is -2.35. The molecule has 1 atom stereocenters. The fourth-order valence-corrected chi connectivity index (χ4v) is 4.57. The molecule has 0 saturated carbocycles. The molecule has 0 nitrogen and oxygen atoms in total. The molecule has 4 rings (SSSR count). The highest BCUT2D eigenvalue weighted by Gasteiger charge is 2.42. The van der Waals surface area contributed by atoms with Gasteiger partial charge in [-0.1, -0.05) is 128 Å². The van der Waals surface area contributed by atoms with E-state index in [1.165, 1.54) is 35.1 Å². The van der Waals surface area contributed by atoms with Crippen LogP contribution in [-0.4, -0.2) is 0 Å². The van der Waals surface area contributed by atoms with Crippen LogP contribution >= 0.6 is 0 Å². The molecule has 3 aromatic carbocycles. The smallest absolute Gasteiger partial charge is 0.0548 e. The van der Waals surface area contributed by atoms with Crippen LogP contribution in [-0.2, 0) is 5.41 Å². The lowest BCUT2D eigenvalue weighted by Gasteiger charge is -2.40. The summed E-state index contributed by atoms with van der Waals surface area (Å²) in [5, 5.41) is 0. The first-order valence-electron chi connectivity index (χ1n) is 10.4. The molecule has 0 spiro atoms. The Balaban J connectivity index is 1.95. The van der Waals surface area contributed by atoms with Crippen molar-refractivity contribution in [3.63, 3.8) is 0 Å². The molecule has 0 amide bonds. The molecular formula is C28H28. The monoisotopic (exact) mass is 364 g/mol. The average molecular weight is 365 g/mol. The van der Waals surface area contributed by atoms with Crippen LogP contribution in [0.3, 0.4) is 0 Å². The molecule has 140 valence electrons. The molecule has 1 aliphatic rings. The van der Waals surface area contributed by atoms with Crippen LogP contribution in [0.4, 0.5) is 0 Å². The van der Waals surface area contributed by atoms with Crippen LogP contribution in [0.1, 0.15) is 42.9 Å². The minimum atomic E-state index is -0.228. The maximum atomic E-state index is 2.50.